The van der Waals surface area contributed by atoms with Crippen molar-refractivity contribution in [3.63, 3.8) is 0 Å². The zero-order chi connectivity index (χ0) is 12.5. The number of hydrogen-bond donors (Lipinski definition) is 0. The summed E-state index contributed by atoms with van der Waals surface area (Å²) in [4.78, 5) is 0. The zero-order valence-electron chi connectivity index (χ0n) is 10.5. The number of ether oxygens (including phenoxy) is 6. The van der Waals surface area contributed by atoms with E-state index in [1.807, 2.05) is 20.1 Å². The minimum absolute atomic E-state index is 0.114. The molecule has 4 aliphatic rings. The molecule has 0 aromatic heterocycles. The lowest BCUT2D eigenvalue weighted by atomic mass is 10.1. The van der Waals surface area contributed by atoms with Gasteiger partial charge in [0.15, 0.2) is 12.1 Å². The maximum absolute atomic E-state index is 5.93. The first-order valence-electron chi connectivity index (χ1n) is 6.08. The Balaban J connectivity index is 1.61. The lowest BCUT2D eigenvalue weighted by molar-refractivity contribution is -0.343. The molecular formula is C11H16O6S. The van der Waals surface area contributed by atoms with Crippen molar-refractivity contribution in [1.29, 1.82) is 0 Å². The first kappa shape index (κ1) is 11.9. The first-order valence-corrected chi connectivity index (χ1v) is 7.30. The van der Waals surface area contributed by atoms with Gasteiger partial charge in [-0.05, 0) is 20.1 Å². The van der Waals surface area contributed by atoms with Crippen molar-refractivity contribution in [3.8, 4) is 0 Å². The van der Waals surface area contributed by atoms with E-state index in [9.17, 15) is 0 Å². The Labute approximate surface area is 109 Å². The normalized spacial score (nSPS) is 56.5. The van der Waals surface area contributed by atoms with Gasteiger partial charge in [0, 0.05) is 0 Å². The van der Waals surface area contributed by atoms with Crippen LogP contribution in [0.5, 0.6) is 0 Å². The van der Waals surface area contributed by atoms with Crippen LogP contribution in [-0.2, 0) is 28.4 Å². The van der Waals surface area contributed by atoms with E-state index in [0.717, 1.165) is 0 Å². The fourth-order valence-electron chi connectivity index (χ4n) is 2.92. The average Bonchev–Trinajstić information content (AvgIpc) is 2.91. The molecule has 102 valence electrons. The van der Waals surface area contributed by atoms with Crippen molar-refractivity contribution in [1.82, 2.24) is 0 Å². The highest BCUT2D eigenvalue weighted by atomic mass is 32.2. The number of fused-ring (bicyclic) bond motifs is 6. The molecule has 6 nitrogen and oxygen atoms in total. The summed E-state index contributed by atoms with van der Waals surface area (Å²) in [7, 11) is 0. The molecule has 4 saturated heterocycles. The van der Waals surface area contributed by atoms with Crippen LogP contribution in [0.15, 0.2) is 0 Å². The summed E-state index contributed by atoms with van der Waals surface area (Å²) in [6.45, 7) is 4.22. The van der Waals surface area contributed by atoms with E-state index in [0.29, 0.717) is 6.61 Å². The minimum atomic E-state index is -1.000. The monoisotopic (exact) mass is 276 g/mol. The topological polar surface area (TPSA) is 55.4 Å². The molecule has 4 heterocycles. The highest BCUT2D eigenvalue weighted by Crippen LogP contribution is 2.49. The predicted octanol–water partition coefficient (Wildman–Crippen LogP) is 0.651. The van der Waals surface area contributed by atoms with Gasteiger partial charge in [-0.15, -0.1) is 0 Å². The van der Waals surface area contributed by atoms with Crippen LogP contribution in [0.3, 0.4) is 0 Å². The Hall–Kier alpha value is 0.110. The Kier molecular flexibility index (Phi) is 2.38. The zero-order valence-corrected chi connectivity index (χ0v) is 11.3. The van der Waals surface area contributed by atoms with E-state index in [2.05, 4.69) is 0 Å². The third-order valence-corrected chi connectivity index (χ3v) is 4.45. The quantitative estimate of drug-likeness (QED) is 0.697. The van der Waals surface area contributed by atoms with Crippen LogP contribution < -0.4 is 0 Å². The van der Waals surface area contributed by atoms with Gasteiger partial charge < -0.3 is 28.4 Å². The lowest BCUT2D eigenvalue weighted by Crippen LogP contribution is -2.52. The largest absolute Gasteiger partial charge is 0.341 e. The van der Waals surface area contributed by atoms with E-state index in [1.165, 1.54) is 11.8 Å². The van der Waals surface area contributed by atoms with Crippen molar-refractivity contribution < 1.29 is 28.4 Å². The van der Waals surface area contributed by atoms with Gasteiger partial charge in [0.2, 0.25) is 0 Å². The molecule has 18 heavy (non-hydrogen) atoms. The third-order valence-electron chi connectivity index (χ3n) is 3.64. The number of thioether (sulfide) groups is 1. The average molecular weight is 276 g/mol. The van der Waals surface area contributed by atoms with Crippen LogP contribution in [0.4, 0.5) is 0 Å². The van der Waals surface area contributed by atoms with Gasteiger partial charge in [0.1, 0.15) is 24.4 Å². The van der Waals surface area contributed by atoms with Crippen molar-refractivity contribution in [2.45, 2.75) is 55.6 Å². The summed E-state index contributed by atoms with van der Waals surface area (Å²) in [5.74, 6) is -0.631. The van der Waals surface area contributed by atoms with Gasteiger partial charge in [-0.1, -0.05) is 11.8 Å². The molecule has 2 bridgehead atoms. The Morgan fingerprint density at radius 3 is 2.61 bits per heavy atom. The summed E-state index contributed by atoms with van der Waals surface area (Å²) >= 11 is 1.40. The minimum Gasteiger partial charge on any atom is -0.341 e. The molecule has 6 atom stereocenters. The highest BCUT2D eigenvalue weighted by molar-refractivity contribution is 7.99. The van der Waals surface area contributed by atoms with Gasteiger partial charge >= 0.3 is 5.31 Å². The van der Waals surface area contributed by atoms with Crippen LogP contribution in [0.25, 0.3) is 0 Å². The Bertz CT molecular complexity index is 377. The lowest BCUT2D eigenvalue weighted by Gasteiger charge is -2.37. The molecule has 0 aromatic rings. The SMILES string of the molecule is CS[C@]12OC[C@H](O1)[C@H]1O[C@@H]3OC(C)(C)O[C@H]3[C@@H]1O2. The summed E-state index contributed by atoms with van der Waals surface area (Å²) < 4.78 is 34.7. The fourth-order valence-corrected chi connectivity index (χ4v) is 3.53. The summed E-state index contributed by atoms with van der Waals surface area (Å²) in [5.41, 5.74) is 0. The smallest absolute Gasteiger partial charge is 0.338 e. The van der Waals surface area contributed by atoms with Crippen LogP contribution in [0, 0.1) is 0 Å². The molecule has 0 N–H and O–H groups in total. The maximum Gasteiger partial charge on any atom is 0.338 e. The Morgan fingerprint density at radius 2 is 1.83 bits per heavy atom. The standard InChI is InChI=1S/C11H16O6S/c1-10(2)15-8-7-6(13-9(8)17-10)5-4-12-11(14-5,16-7)18-3/h5-9H,4H2,1-3H3/t5-,6+,7+,8-,9+,11+/m0/s1. The van der Waals surface area contributed by atoms with Crippen molar-refractivity contribution >= 4 is 11.8 Å². The molecular weight excluding hydrogens is 260 g/mol. The van der Waals surface area contributed by atoms with E-state index in [4.69, 9.17) is 28.4 Å². The van der Waals surface area contributed by atoms with E-state index in [1.54, 1.807) is 0 Å². The molecule has 0 spiro atoms. The molecule has 4 aliphatic heterocycles. The first-order chi connectivity index (χ1) is 8.52. The van der Waals surface area contributed by atoms with Crippen molar-refractivity contribution in [2.75, 3.05) is 12.9 Å². The van der Waals surface area contributed by atoms with E-state index >= 15 is 0 Å². The van der Waals surface area contributed by atoms with Gasteiger partial charge in [0.25, 0.3) is 0 Å². The highest BCUT2D eigenvalue weighted by Gasteiger charge is 2.65. The molecule has 0 unspecified atom stereocenters. The van der Waals surface area contributed by atoms with Crippen molar-refractivity contribution in [3.05, 3.63) is 0 Å². The van der Waals surface area contributed by atoms with E-state index < -0.39 is 11.1 Å². The van der Waals surface area contributed by atoms with Gasteiger partial charge in [-0.25, -0.2) is 0 Å². The molecule has 0 aromatic carbocycles. The van der Waals surface area contributed by atoms with Crippen LogP contribution in [0.1, 0.15) is 13.8 Å². The van der Waals surface area contributed by atoms with Gasteiger partial charge in [0.05, 0.1) is 6.61 Å². The predicted molar refractivity (Wildman–Crippen MR) is 60.6 cm³/mol. The Morgan fingerprint density at radius 1 is 1.00 bits per heavy atom. The summed E-state index contributed by atoms with van der Waals surface area (Å²) in [5, 5.41) is -1.000. The second-order valence-electron chi connectivity index (χ2n) is 5.32. The summed E-state index contributed by atoms with van der Waals surface area (Å²) in [6, 6.07) is 0. The van der Waals surface area contributed by atoms with Crippen molar-refractivity contribution in [2.24, 2.45) is 0 Å². The number of hydrogen-bond acceptors (Lipinski definition) is 7. The molecule has 4 fully saturated rings. The summed E-state index contributed by atoms with van der Waals surface area (Å²) in [6.07, 6.45) is 0.800. The van der Waals surface area contributed by atoms with Crippen LogP contribution >= 0.6 is 11.8 Å². The molecule has 0 aliphatic carbocycles. The van der Waals surface area contributed by atoms with Crippen LogP contribution in [-0.4, -0.2) is 54.7 Å². The number of rotatable bonds is 1. The maximum atomic E-state index is 5.93. The molecule has 0 saturated carbocycles. The third kappa shape index (κ3) is 1.53. The molecule has 0 amide bonds. The van der Waals surface area contributed by atoms with E-state index in [-0.39, 0.29) is 30.7 Å². The molecule has 4 rings (SSSR count). The second-order valence-corrected chi connectivity index (χ2v) is 6.23. The molecule has 7 heteroatoms. The van der Waals surface area contributed by atoms with Crippen LogP contribution in [0.2, 0.25) is 0 Å². The van der Waals surface area contributed by atoms with Gasteiger partial charge in [-0.3, -0.25) is 0 Å². The molecule has 0 radical (unpaired) electrons. The second kappa shape index (κ2) is 3.60. The fraction of sp³-hybridized carbons (Fsp3) is 1.00. The van der Waals surface area contributed by atoms with Gasteiger partial charge in [-0.2, -0.15) is 0 Å².